The van der Waals surface area contributed by atoms with Gasteiger partial charge in [-0.15, -0.1) is 0 Å². The third kappa shape index (κ3) is 1.76. The van der Waals surface area contributed by atoms with E-state index in [1.165, 1.54) is 12.4 Å². The van der Waals surface area contributed by atoms with Gasteiger partial charge in [0.05, 0.1) is 0 Å². The molecule has 0 N–H and O–H groups in total. The molecule has 0 spiro atoms. The fourth-order valence-corrected chi connectivity index (χ4v) is 0.149. The lowest BCUT2D eigenvalue weighted by atomic mass is 10.8. The largest absolute Gasteiger partial charge is 0.320 e. The van der Waals surface area contributed by atoms with E-state index >= 15 is 0 Å². The van der Waals surface area contributed by atoms with Crippen molar-refractivity contribution < 1.29 is 4.79 Å². The second kappa shape index (κ2) is 3.15. The van der Waals surface area contributed by atoms with Gasteiger partial charge in [0.25, 0.3) is 0 Å². The third-order valence-corrected chi connectivity index (χ3v) is 0.499. The lowest BCUT2D eigenvalue weighted by Gasteiger charge is -1.96. The van der Waals surface area contributed by atoms with Crippen LogP contribution in [0.2, 0.25) is 0 Å². The van der Waals surface area contributed by atoms with E-state index < -0.39 is 0 Å². The molecular formula is C5H6NO. The van der Waals surface area contributed by atoms with E-state index in [1.54, 1.807) is 6.41 Å². The SMILES string of the molecule is C=CN([C]=O)C=C. The van der Waals surface area contributed by atoms with Gasteiger partial charge in [0.2, 0.25) is 0 Å². The summed E-state index contributed by atoms with van der Waals surface area (Å²) in [5.74, 6) is 0. The van der Waals surface area contributed by atoms with Crippen LogP contribution in [0.5, 0.6) is 0 Å². The smallest absolute Gasteiger partial charge is 0.288 e. The van der Waals surface area contributed by atoms with Crippen LogP contribution in [0.4, 0.5) is 0 Å². The fourth-order valence-electron chi connectivity index (χ4n) is 0.149. The highest BCUT2D eigenvalue weighted by Crippen LogP contribution is 1.77. The highest BCUT2D eigenvalue weighted by Gasteiger charge is 1.81. The number of hydrogen-bond donors (Lipinski definition) is 0. The van der Waals surface area contributed by atoms with Crippen molar-refractivity contribution in [2.75, 3.05) is 0 Å². The lowest BCUT2D eigenvalue weighted by Crippen LogP contribution is -2.02. The zero-order chi connectivity index (χ0) is 5.70. The van der Waals surface area contributed by atoms with Gasteiger partial charge in [-0.25, -0.2) is 0 Å². The molecule has 0 aromatic carbocycles. The van der Waals surface area contributed by atoms with E-state index in [4.69, 9.17) is 0 Å². The molecule has 37 valence electrons. The van der Waals surface area contributed by atoms with Crippen LogP contribution in [0.1, 0.15) is 0 Å². The summed E-state index contributed by atoms with van der Waals surface area (Å²) in [6.45, 7) is 6.59. The first-order valence-electron chi connectivity index (χ1n) is 1.76. The van der Waals surface area contributed by atoms with Gasteiger partial charge in [-0.1, -0.05) is 13.2 Å². The number of hydrogen-bond acceptors (Lipinski definition) is 1. The quantitative estimate of drug-likeness (QED) is 0.472. The molecule has 0 saturated heterocycles. The van der Waals surface area contributed by atoms with Crippen molar-refractivity contribution in [3.8, 4) is 0 Å². The monoisotopic (exact) mass is 96.0 g/mol. The number of carbonyl (C=O) groups excluding carboxylic acids is 1. The summed E-state index contributed by atoms with van der Waals surface area (Å²) in [7, 11) is 0. The van der Waals surface area contributed by atoms with Gasteiger partial charge in [-0.2, -0.15) is 0 Å². The van der Waals surface area contributed by atoms with Gasteiger partial charge in [0.15, 0.2) is 0 Å². The second-order valence-corrected chi connectivity index (χ2v) is 0.864. The first kappa shape index (κ1) is 5.95. The minimum absolute atomic E-state index is 1.10. The maximum absolute atomic E-state index is 9.63. The second-order valence-electron chi connectivity index (χ2n) is 0.864. The van der Waals surface area contributed by atoms with Crippen LogP contribution in [-0.2, 0) is 4.79 Å². The van der Waals surface area contributed by atoms with E-state index in [0.717, 1.165) is 4.90 Å². The molecule has 0 aliphatic rings. The zero-order valence-corrected chi connectivity index (χ0v) is 3.92. The van der Waals surface area contributed by atoms with Crippen molar-refractivity contribution in [3.05, 3.63) is 25.6 Å². The Bertz CT molecular complexity index is 69.1. The summed E-state index contributed by atoms with van der Waals surface area (Å²) in [5, 5.41) is 0. The van der Waals surface area contributed by atoms with Crippen molar-refractivity contribution in [1.29, 1.82) is 0 Å². The van der Waals surface area contributed by atoms with E-state index in [2.05, 4.69) is 13.2 Å². The molecule has 0 aliphatic carbocycles. The first-order valence-corrected chi connectivity index (χ1v) is 1.76. The maximum atomic E-state index is 9.63. The standard InChI is InChI=1S/C5H6NO/c1-3-6(4-2)5-7/h3-4H,1-2H2. The van der Waals surface area contributed by atoms with E-state index in [0.29, 0.717) is 0 Å². The predicted octanol–water partition coefficient (Wildman–Crippen LogP) is 0.643. The molecule has 2 heteroatoms. The maximum Gasteiger partial charge on any atom is 0.320 e. The molecule has 0 saturated carbocycles. The van der Waals surface area contributed by atoms with Crippen LogP contribution in [-0.4, -0.2) is 11.3 Å². The highest BCUT2D eigenvalue weighted by molar-refractivity contribution is 5.51. The number of amides is 1. The highest BCUT2D eigenvalue weighted by atomic mass is 16.1. The van der Waals surface area contributed by atoms with Crippen LogP contribution in [0.25, 0.3) is 0 Å². The van der Waals surface area contributed by atoms with E-state index in [-0.39, 0.29) is 0 Å². The van der Waals surface area contributed by atoms with Crippen molar-refractivity contribution in [1.82, 2.24) is 4.90 Å². The van der Waals surface area contributed by atoms with E-state index in [1.807, 2.05) is 0 Å². The van der Waals surface area contributed by atoms with Crippen LogP contribution in [0, 0.1) is 0 Å². The molecule has 0 rings (SSSR count). The fraction of sp³-hybridized carbons (Fsp3) is 0. The Morgan fingerprint density at radius 1 is 1.43 bits per heavy atom. The molecular weight excluding hydrogens is 90.1 g/mol. The third-order valence-electron chi connectivity index (χ3n) is 0.499. The molecule has 0 aromatic heterocycles. The minimum atomic E-state index is 1.10. The first-order chi connectivity index (χ1) is 3.35. The van der Waals surface area contributed by atoms with Gasteiger partial charge >= 0.3 is 6.41 Å². The Balaban J connectivity index is 3.57. The molecule has 0 fully saturated rings. The summed E-state index contributed by atoms with van der Waals surface area (Å²) < 4.78 is 0. The summed E-state index contributed by atoms with van der Waals surface area (Å²) in [5.41, 5.74) is 0. The van der Waals surface area contributed by atoms with Crippen molar-refractivity contribution >= 4 is 6.41 Å². The van der Waals surface area contributed by atoms with Gasteiger partial charge in [0.1, 0.15) is 0 Å². The molecule has 1 radical (unpaired) electrons. The summed E-state index contributed by atoms with van der Waals surface area (Å²) in [4.78, 5) is 10.7. The lowest BCUT2D eigenvalue weighted by molar-refractivity contribution is 0.513. The van der Waals surface area contributed by atoms with Gasteiger partial charge in [-0.3, -0.25) is 9.69 Å². The molecule has 0 bridgehead atoms. The topological polar surface area (TPSA) is 20.3 Å². The van der Waals surface area contributed by atoms with Crippen LogP contribution in [0.15, 0.2) is 25.6 Å². The summed E-state index contributed by atoms with van der Waals surface area (Å²) in [6.07, 6.45) is 4.19. The van der Waals surface area contributed by atoms with Crippen LogP contribution < -0.4 is 0 Å². The van der Waals surface area contributed by atoms with E-state index in [9.17, 15) is 4.79 Å². The Morgan fingerprint density at radius 3 is 1.86 bits per heavy atom. The van der Waals surface area contributed by atoms with Crippen LogP contribution in [0.3, 0.4) is 0 Å². The predicted molar refractivity (Wildman–Crippen MR) is 27.9 cm³/mol. The molecule has 0 aromatic rings. The normalized spacial score (nSPS) is 6.86. The number of rotatable bonds is 3. The Hall–Kier alpha value is -1.05. The molecule has 0 heterocycles. The molecule has 1 amide bonds. The average molecular weight is 96.1 g/mol. The molecule has 0 aliphatic heterocycles. The van der Waals surface area contributed by atoms with Crippen molar-refractivity contribution in [2.24, 2.45) is 0 Å². The molecule has 0 unspecified atom stereocenters. The van der Waals surface area contributed by atoms with Crippen LogP contribution >= 0.6 is 0 Å². The zero-order valence-electron chi connectivity index (χ0n) is 3.92. The summed E-state index contributed by atoms with van der Waals surface area (Å²) in [6, 6.07) is 0. The minimum Gasteiger partial charge on any atom is -0.288 e. The Labute approximate surface area is 42.7 Å². The molecule has 7 heavy (non-hydrogen) atoms. The van der Waals surface area contributed by atoms with Gasteiger partial charge in [0, 0.05) is 12.4 Å². The Morgan fingerprint density at radius 2 is 1.86 bits per heavy atom. The van der Waals surface area contributed by atoms with Gasteiger partial charge in [-0.05, 0) is 0 Å². The molecule has 0 atom stereocenters. The Kier molecular flexibility index (Phi) is 2.68. The number of nitrogens with zero attached hydrogens (tertiary/aromatic N) is 1. The molecule has 2 nitrogen and oxygen atoms in total. The van der Waals surface area contributed by atoms with Crippen molar-refractivity contribution in [3.63, 3.8) is 0 Å². The van der Waals surface area contributed by atoms with Gasteiger partial charge < -0.3 is 0 Å². The summed E-state index contributed by atoms with van der Waals surface area (Å²) >= 11 is 0. The van der Waals surface area contributed by atoms with Crippen molar-refractivity contribution in [2.45, 2.75) is 0 Å². The average Bonchev–Trinajstić information content (AvgIpc) is 1.72.